The van der Waals surface area contributed by atoms with E-state index in [4.69, 9.17) is 21.1 Å². The highest BCUT2D eigenvalue weighted by Gasteiger charge is 2.39. The Labute approximate surface area is 207 Å². The van der Waals surface area contributed by atoms with E-state index in [1.807, 2.05) is 6.92 Å². The van der Waals surface area contributed by atoms with Gasteiger partial charge in [0.05, 0.1) is 31.1 Å². The lowest BCUT2D eigenvalue weighted by molar-refractivity contribution is -0.120. The zero-order valence-electron chi connectivity index (χ0n) is 19.1. The highest BCUT2D eigenvalue weighted by atomic mass is 35.5. The Hall–Kier alpha value is -3.69. The first-order chi connectivity index (χ1) is 16.9. The number of morpholine rings is 1. The fraction of sp³-hybridized carbons (Fsp3) is 0.280. The molecular formula is C25H24ClN3O6. The van der Waals surface area contributed by atoms with Crippen LogP contribution in [0.1, 0.15) is 34.1 Å². The molecule has 4 rings (SSSR count). The van der Waals surface area contributed by atoms with Crippen LogP contribution in [0.5, 0.6) is 0 Å². The van der Waals surface area contributed by atoms with Crippen LogP contribution < -0.4 is 10.2 Å². The molecule has 182 valence electrons. The number of esters is 1. The predicted molar refractivity (Wildman–Crippen MR) is 129 cm³/mol. The largest absolute Gasteiger partial charge is 0.462 e. The van der Waals surface area contributed by atoms with Crippen LogP contribution in [0.2, 0.25) is 0 Å². The second-order valence-electron chi connectivity index (χ2n) is 7.93. The van der Waals surface area contributed by atoms with Gasteiger partial charge in [0.2, 0.25) is 0 Å². The number of nitrogens with zero attached hydrogens (tertiary/aromatic N) is 2. The van der Waals surface area contributed by atoms with Gasteiger partial charge in [0.15, 0.2) is 0 Å². The smallest absolute Gasteiger partial charge is 0.338 e. The minimum Gasteiger partial charge on any atom is -0.462 e. The van der Waals surface area contributed by atoms with Gasteiger partial charge in [-0.2, -0.15) is 0 Å². The van der Waals surface area contributed by atoms with Crippen LogP contribution in [0, 0.1) is 0 Å². The van der Waals surface area contributed by atoms with Crippen molar-refractivity contribution < 1.29 is 28.7 Å². The third-order valence-electron chi connectivity index (χ3n) is 5.48. The summed E-state index contributed by atoms with van der Waals surface area (Å²) in [4.78, 5) is 53.6. The molecule has 2 heterocycles. The average Bonchev–Trinajstić information content (AvgIpc) is 3.10. The van der Waals surface area contributed by atoms with Gasteiger partial charge >= 0.3 is 5.97 Å². The van der Waals surface area contributed by atoms with Gasteiger partial charge in [-0.25, -0.2) is 9.69 Å². The van der Waals surface area contributed by atoms with Crippen LogP contribution in [0.4, 0.5) is 11.4 Å². The van der Waals surface area contributed by atoms with Crippen LogP contribution in [-0.2, 0) is 19.1 Å². The molecule has 2 aromatic rings. The molecule has 0 saturated carbocycles. The minimum absolute atomic E-state index is 0.119. The van der Waals surface area contributed by atoms with E-state index in [0.29, 0.717) is 44.0 Å². The summed E-state index contributed by atoms with van der Waals surface area (Å²) in [6.07, 6.45) is 0.669. The number of halogens is 1. The van der Waals surface area contributed by atoms with E-state index in [1.54, 1.807) is 35.2 Å². The maximum Gasteiger partial charge on any atom is 0.338 e. The molecule has 3 amide bonds. The SMILES string of the molecule is CCCOC(=O)c1cccc(N2C(=O)C(Cl)=C(Nc3cccc(C(=O)N4CCOCC4)c3)C2=O)c1. The molecule has 2 aliphatic rings. The third kappa shape index (κ3) is 5.21. The lowest BCUT2D eigenvalue weighted by atomic mass is 10.1. The molecule has 1 fully saturated rings. The predicted octanol–water partition coefficient (Wildman–Crippen LogP) is 3.16. The molecule has 0 spiro atoms. The molecule has 0 aromatic heterocycles. The maximum atomic E-state index is 13.1. The molecule has 1 N–H and O–H groups in total. The fourth-order valence-electron chi connectivity index (χ4n) is 3.72. The number of carbonyl (C=O) groups excluding carboxylic acids is 4. The number of rotatable bonds is 7. The zero-order chi connectivity index (χ0) is 24.9. The van der Waals surface area contributed by atoms with Gasteiger partial charge < -0.3 is 19.7 Å². The molecule has 0 aliphatic carbocycles. The van der Waals surface area contributed by atoms with E-state index in [1.165, 1.54) is 18.2 Å². The van der Waals surface area contributed by atoms with Crippen LogP contribution >= 0.6 is 11.6 Å². The van der Waals surface area contributed by atoms with Crippen LogP contribution in [0.25, 0.3) is 0 Å². The monoisotopic (exact) mass is 497 g/mol. The standard InChI is InChI=1S/C25H24ClN3O6/c1-2-11-35-25(33)17-6-4-8-19(15-17)29-23(31)20(26)21(24(29)32)27-18-7-3-5-16(14-18)22(30)28-9-12-34-13-10-28/h3-8,14-15,27H,2,9-13H2,1H3. The van der Waals surface area contributed by atoms with Crippen LogP contribution in [0.3, 0.4) is 0 Å². The summed E-state index contributed by atoms with van der Waals surface area (Å²) < 4.78 is 10.4. The maximum absolute atomic E-state index is 13.1. The Morgan fingerprint density at radius 2 is 1.74 bits per heavy atom. The van der Waals surface area contributed by atoms with Crippen molar-refractivity contribution >= 4 is 46.7 Å². The quantitative estimate of drug-likeness (QED) is 0.462. The molecule has 0 atom stereocenters. The van der Waals surface area contributed by atoms with Crippen molar-refractivity contribution in [3.8, 4) is 0 Å². The van der Waals surface area contributed by atoms with Crippen molar-refractivity contribution in [2.24, 2.45) is 0 Å². The number of benzene rings is 2. The first-order valence-corrected chi connectivity index (χ1v) is 11.6. The molecule has 35 heavy (non-hydrogen) atoms. The Morgan fingerprint density at radius 3 is 2.49 bits per heavy atom. The van der Waals surface area contributed by atoms with Crippen LogP contribution in [-0.4, -0.2) is 61.5 Å². The summed E-state index contributed by atoms with van der Waals surface area (Å²) in [5.74, 6) is -2.10. The van der Waals surface area contributed by atoms with Gasteiger partial charge in [0.25, 0.3) is 17.7 Å². The summed E-state index contributed by atoms with van der Waals surface area (Å²) in [6.45, 7) is 4.11. The van der Waals surface area contributed by atoms with Crippen molar-refractivity contribution in [2.75, 3.05) is 43.1 Å². The topological polar surface area (TPSA) is 105 Å². The van der Waals surface area contributed by atoms with Crippen molar-refractivity contribution in [3.05, 3.63) is 70.4 Å². The first kappa shape index (κ1) is 24.4. The molecule has 2 aromatic carbocycles. The van der Waals surface area contributed by atoms with Crippen molar-refractivity contribution in [1.29, 1.82) is 0 Å². The Morgan fingerprint density at radius 1 is 1.03 bits per heavy atom. The molecule has 1 saturated heterocycles. The summed E-state index contributed by atoms with van der Waals surface area (Å²) in [7, 11) is 0. The summed E-state index contributed by atoms with van der Waals surface area (Å²) in [5, 5.41) is 2.59. The highest BCUT2D eigenvalue weighted by Crippen LogP contribution is 2.31. The van der Waals surface area contributed by atoms with Crippen molar-refractivity contribution in [1.82, 2.24) is 4.90 Å². The van der Waals surface area contributed by atoms with Gasteiger partial charge in [-0.1, -0.05) is 30.7 Å². The van der Waals surface area contributed by atoms with Gasteiger partial charge in [0, 0.05) is 24.3 Å². The number of ether oxygens (including phenoxy) is 2. The number of hydrogen-bond acceptors (Lipinski definition) is 7. The molecular weight excluding hydrogens is 474 g/mol. The lowest BCUT2D eigenvalue weighted by Crippen LogP contribution is -2.40. The normalized spacial score (nSPS) is 16.1. The van der Waals surface area contributed by atoms with E-state index in [2.05, 4.69) is 5.32 Å². The van der Waals surface area contributed by atoms with E-state index in [9.17, 15) is 19.2 Å². The third-order valence-corrected chi connectivity index (χ3v) is 5.83. The molecule has 2 aliphatic heterocycles. The molecule has 0 unspecified atom stereocenters. The number of anilines is 2. The number of carbonyl (C=O) groups is 4. The van der Waals surface area contributed by atoms with Gasteiger partial charge in [-0.15, -0.1) is 0 Å². The van der Waals surface area contributed by atoms with Gasteiger partial charge in [0.1, 0.15) is 10.7 Å². The van der Waals surface area contributed by atoms with E-state index in [0.717, 1.165) is 4.90 Å². The fourth-order valence-corrected chi connectivity index (χ4v) is 3.93. The number of nitrogens with one attached hydrogen (secondary N) is 1. The van der Waals surface area contributed by atoms with Crippen molar-refractivity contribution in [3.63, 3.8) is 0 Å². The van der Waals surface area contributed by atoms with E-state index in [-0.39, 0.29) is 34.5 Å². The Bertz CT molecular complexity index is 1210. The highest BCUT2D eigenvalue weighted by molar-refractivity contribution is 6.53. The second-order valence-corrected chi connectivity index (χ2v) is 8.31. The molecule has 0 bridgehead atoms. The van der Waals surface area contributed by atoms with Gasteiger partial charge in [-0.3, -0.25) is 14.4 Å². The average molecular weight is 498 g/mol. The molecule has 10 heteroatoms. The second kappa shape index (κ2) is 10.7. The van der Waals surface area contributed by atoms with Crippen LogP contribution in [0.15, 0.2) is 59.3 Å². The van der Waals surface area contributed by atoms with E-state index < -0.39 is 17.8 Å². The number of amides is 3. The Balaban J connectivity index is 1.53. The molecule has 9 nitrogen and oxygen atoms in total. The number of hydrogen-bond donors (Lipinski definition) is 1. The minimum atomic E-state index is -0.723. The zero-order valence-corrected chi connectivity index (χ0v) is 19.8. The lowest BCUT2D eigenvalue weighted by Gasteiger charge is -2.27. The van der Waals surface area contributed by atoms with Gasteiger partial charge in [-0.05, 0) is 42.8 Å². The summed E-state index contributed by atoms with van der Waals surface area (Å²) in [5.41, 5.74) is 1.14. The number of imide groups is 1. The van der Waals surface area contributed by atoms with E-state index >= 15 is 0 Å². The Kier molecular flexibility index (Phi) is 7.48. The summed E-state index contributed by atoms with van der Waals surface area (Å²) in [6, 6.07) is 12.6. The summed E-state index contributed by atoms with van der Waals surface area (Å²) >= 11 is 6.24. The molecule has 0 radical (unpaired) electrons. The first-order valence-electron chi connectivity index (χ1n) is 11.2. The van der Waals surface area contributed by atoms with Crippen molar-refractivity contribution in [2.45, 2.75) is 13.3 Å².